The largest absolute Gasteiger partial charge is 0.487 e. The second-order valence-electron chi connectivity index (χ2n) is 3.99. The summed E-state index contributed by atoms with van der Waals surface area (Å²) in [7, 11) is 0. The molecule has 1 unspecified atom stereocenters. The van der Waals surface area contributed by atoms with Gasteiger partial charge in [-0.05, 0) is 18.1 Å². The zero-order valence-corrected chi connectivity index (χ0v) is 10.5. The molecule has 0 saturated carbocycles. The van der Waals surface area contributed by atoms with Gasteiger partial charge in [-0.1, -0.05) is 13.0 Å². The molecule has 0 amide bonds. The SMILES string of the molecule is CCc1ccc(OCCC(N)C(=O)O)c([N+](=O)[O-])c1. The van der Waals surface area contributed by atoms with Gasteiger partial charge in [-0.25, -0.2) is 0 Å². The predicted octanol–water partition coefficient (Wildman–Crippen LogP) is 1.34. The van der Waals surface area contributed by atoms with E-state index in [0.29, 0.717) is 6.42 Å². The van der Waals surface area contributed by atoms with Gasteiger partial charge in [-0.15, -0.1) is 0 Å². The number of benzene rings is 1. The number of hydrogen-bond donors (Lipinski definition) is 2. The van der Waals surface area contributed by atoms with Crippen LogP contribution in [0.5, 0.6) is 5.75 Å². The Morgan fingerprint density at radius 1 is 1.58 bits per heavy atom. The van der Waals surface area contributed by atoms with Gasteiger partial charge in [0.25, 0.3) is 0 Å². The summed E-state index contributed by atoms with van der Waals surface area (Å²) < 4.78 is 5.23. The Labute approximate surface area is 110 Å². The Balaban J connectivity index is 2.72. The molecule has 104 valence electrons. The highest BCUT2D eigenvalue weighted by atomic mass is 16.6. The third-order valence-electron chi connectivity index (χ3n) is 2.63. The Kier molecular flexibility index (Phi) is 5.25. The molecule has 1 rings (SSSR count). The van der Waals surface area contributed by atoms with Gasteiger partial charge in [0.15, 0.2) is 5.75 Å². The minimum absolute atomic E-state index is 0.0137. The standard InChI is InChI=1S/C12H16N2O5/c1-2-8-3-4-11(10(7-8)14(17)18)19-6-5-9(13)12(15)16/h3-4,7,9H,2,5-6,13H2,1H3,(H,15,16). The number of ether oxygens (including phenoxy) is 1. The predicted molar refractivity (Wildman–Crippen MR) is 68.2 cm³/mol. The van der Waals surface area contributed by atoms with E-state index in [1.165, 1.54) is 12.1 Å². The molecule has 19 heavy (non-hydrogen) atoms. The second kappa shape index (κ2) is 6.69. The maximum absolute atomic E-state index is 10.9. The molecule has 0 aliphatic heterocycles. The van der Waals surface area contributed by atoms with Crippen molar-refractivity contribution in [1.29, 1.82) is 0 Å². The van der Waals surface area contributed by atoms with Gasteiger partial charge >= 0.3 is 11.7 Å². The molecule has 0 aliphatic rings. The fraction of sp³-hybridized carbons (Fsp3) is 0.417. The zero-order chi connectivity index (χ0) is 14.4. The summed E-state index contributed by atoms with van der Waals surface area (Å²) >= 11 is 0. The Morgan fingerprint density at radius 2 is 2.26 bits per heavy atom. The van der Waals surface area contributed by atoms with Gasteiger partial charge < -0.3 is 15.6 Å². The molecule has 7 nitrogen and oxygen atoms in total. The summed E-state index contributed by atoms with van der Waals surface area (Å²) in [6.07, 6.45) is 0.771. The van der Waals surface area contributed by atoms with Crippen LogP contribution >= 0.6 is 0 Å². The van der Waals surface area contributed by atoms with Crippen LogP contribution in [0.4, 0.5) is 5.69 Å². The molecular formula is C12H16N2O5. The molecule has 0 radical (unpaired) electrons. The van der Waals surface area contributed by atoms with Gasteiger partial charge in [0.05, 0.1) is 11.5 Å². The van der Waals surface area contributed by atoms with Crippen LogP contribution in [0.2, 0.25) is 0 Å². The summed E-state index contributed by atoms with van der Waals surface area (Å²) in [6.45, 7) is 1.91. The van der Waals surface area contributed by atoms with Gasteiger partial charge in [0, 0.05) is 12.5 Å². The third-order valence-corrected chi connectivity index (χ3v) is 2.63. The van der Waals surface area contributed by atoms with Gasteiger partial charge in [0.2, 0.25) is 0 Å². The quantitative estimate of drug-likeness (QED) is 0.569. The van der Waals surface area contributed by atoms with Crippen LogP contribution < -0.4 is 10.5 Å². The van der Waals surface area contributed by atoms with Crippen LogP contribution in [0.3, 0.4) is 0 Å². The molecule has 3 N–H and O–H groups in total. The first kappa shape index (κ1) is 14.9. The maximum atomic E-state index is 10.9. The molecule has 0 bridgehead atoms. The van der Waals surface area contributed by atoms with E-state index in [1.807, 2.05) is 6.92 Å². The minimum Gasteiger partial charge on any atom is -0.487 e. The lowest BCUT2D eigenvalue weighted by atomic mass is 10.1. The molecule has 0 spiro atoms. The Bertz CT molecular complexity index is 475. The van der Waals surface area contributed by atoms with Crippen molar-refractivity contribution < 1.29 is 19.6 Å². The topological polar surface area (TPSA) is 116 Å². The highest BCUT2D eigenvalue weighted by Gasteiger charge is 2.17. The van der Waals surface area contributed by atoms with E-state index < -0.39 is 16.9 Å². The van der Waals surface area contributed by atoms with Gasteiger partial charge in [-0.2, -0.15) is 0 Å². The van der Waals surface area contributed by atoms with E-state index in [1.54, 1.807) is 6.07 Å². The summed E-state index contributed by atoms with van der Waals surface area (Å²) in [4.78, 5) is 20.9. The number of carboxylic acid groups (broad SMARTS) is 1. The van der Waals surface area contributed by atoms with Crippen LogP contribution in [0.1, 0.15) is 18.9 Å². The van der Waals surface area contributed by atoms with E-state index in [-0.39, 0.29) is 24.5 Å². The lowest BCUT2D eigenvalue weighted by Crippen LogP contribution is -2.31. The van der Waals surface area contributed by atoms with Crippen LogP contribution in [0.25, 0.3) is 0 Å². The number of nitrogens with zero attached hydrogens (tertiary/aromatic N) is 1. The molecule has 7 heteroatoms. The number of nitro groups is 1. The number of aliphatic carboxylic acids is 1. The molecule has 0 aromatic heterocycles. The molecule has 1 aromatic rings. The van der Waals surface area contributed by atoms with E-state index in [0.717, 1.165) is 5.56 Å². The van der Waals surface area contributed by atoms with Crippen molar-refractivity contribution in [3.63, 3.8) is 0 Å². The zero-order valence-electron chi connectivity index (χ0n) is 10.5. The summed E-state index contributed by atoms with van der Waals surface area (Å²) in [5.41, 5.74) is 6.02. The Hall–Kier alpha value is -2.15. The first-order valence-electron chi connectivity index (χ1n) is 5.84. The molecule has 0 heterocycles. The van der Waals surface area contributed by atoms with Crippen molar-refractivity contribution in [3.8, 4) is 5.75 Å². The lowest BCUT2D eigenvalue weighted by molar-refractivity contribution is -0.385. The average molecular weight is 268 g/mol. The number of nitro benzene ring substituents is 1. The maximum Gasteiger partial charge on any atom is 0.320 e. The Morgan fingerprint density at radius 3 is 2.79 bits per heavy atom. The van der Waals surface area contributed by atoms with Crippen molar-refractivity contribution >= 4 is 11.7 Å². The van der Waals surface area contributed by atoms with Crippen molar-refractivity contribution in [2.24, 2.45) is 5.73 Å². The van der Waals surface area contributed by atoms with E-state index >= 15 is 0 Å². The van der Waals surface area contributed by atoms with Crippen molar-refractivity contribution in [1.82, 2.24) is 0 Å². The first-order valence-corrected chi connectivity index (χ1v) is 5.84. The first-order chi connectivity index (χ1) is 8.95. The van der Waals surface area contributed by atoms with Crippen LogP contribution in [0.15, 0.2) is 18.2 Å². The molecule has 0 aliphatic carbocycles. The summed E-state index contributed by atoms with van der Waals surface area (Å²) in [5.74, 6) is -1.00. The smallest absolute Gasteiger partial charge is 0.320 e. The van der Waals surface area contributed by atoms with E-state index in [2.05, 4.69) is 0 Å². The van der Waals surface area contributed by atoms with Crippen LogP contribution in [-0.2, 0) is 11.2 Å². The number of nitrogens with two attached hydrogens (primary N) is 1. The number of rotatable bonds is 7. The van der Waals surface area contributed by atoms with Crippen LogP contribution in [-0.4, -0.2) is 28.6 Å². The molecule has 1 aromatic carbocycles. The highest BCUT2D eigenvalue weighted by Crippen LogP contribution is 2.28. The fourth-order valence-electron chi connectivity index (χ4n) is 1.47. The van der Waals surface area contributed by atoms with Crippen molar-refractivity contribution in [2.45, 2.75) is 25.8 Å². The molecule has 0 saturated heterocycles. The van der Waals surface area contributed by atoms with E-state index in [4.69, 9.17) is 15.6 Å². The average Bonchev–Trinajstić information content (AvgIpc) is 2.38. The monoisotopic (exact) mass is 268 g/mol. The third kappa shape index (κ3) is 4.22. The summed E-state index contributed by atoms with van der Waals surface area (Å²) in [6, 6.07) is 3.67. The minimum atomic E-state index is -1.13. The number of carboxylic acids is 1. The van der Waals surface area contributed by atoms with Crippen molar-refractivity contribution in [3.05, 3.63) is 33.9 Å². The second-order valence-corrected chi connectivity index (χ2v) is 3.99. The number of carbonyl (C=O) groups is 1. The van der Waals surface area contributed by atoms with E-state index in [9.17, 15) is 14.9 Å². The molecule has 1 atom stereocenters. The number of aryl methyl sites for hydroxylation is 1. The normalized spacial score (nSPS) is 11.9. The lowest BCUT2D eigenvalue weighted by Gasteiger charge is -2.09. The fourth-order valence-corrected chi connectivity index (χ4v) is 1.47. The highest BCUT2D eigenvalue weighted by molar-refractivity contribution is 5.72. The van der Waals surface area contributed by atoms with Crippen molar-refractivity contribution in [2.75, 3.05) is 6.61 Å². The number of hydrogen-bond acceptors (Lipinski definition) is 5. The molecular weight excluding hydrogens is 252 g/mol. The molecule has 0 fully saturated rings. The summed E-state index contributed by atoms with van der Waals surface area (Å²) in [5, 5.41) is 19.5. The van der Waals surface area contributed by atoms with Gasteiger partial charge in [0.1, 0.15) is 6.04 Å². The van der Waals surface area contributed by atoms with Gasteiger partial charge in [-0.3, -0.25) is 14.9 Å². The van der Waals surface area contributed by atoms with Crippen LogP contribution in [0, 0.1) is 10.1 Å².